The summed E-state index contributed by atoms with van der Waals surface area (Å²) < 4.78 is 19.1. The average molecular weight is 443 g/mol. The van der Waals surface area contributed by atoms with Crippen molar-refractivity contribution in [3.63, 3.8) is 0 Å². The molecule has 166 valence electrons. The fourth-order valence-corrected chi connectivity index (χ4v) is 3.78. The highest BCUT2D eigenvalue weighted by Crippen LogP contribution is 2.41. The van der Waals surface area contributed by atoms with E-state index in [9.17, 15) is 19.1 Å². The van der Waals surface area contributed by atoms with Gasteiger partial charge in [0.1, 0.15) is 11.6 Å². The summed E-state index contributed by atoms with van der Waals surface area (Å²) in [5, 5.41) is 10.7. The minimum atomic E-state index is -0.913. The number of hydrogen-bond acceptors (Lipinski definition) is 4. The number of rotatable bonds is 7. The van der Waals surface area contributed by atoms with E-state index in [1.165, 1.54) is 35.2 Å². The van der Waals surface area contributed by atoms with Gasteiger partial charge >= 0.3 is 0 Å². The second-order valence-corrected chi connectivity index (χ2v) is 7.43. The first kappa shape index (κ1) is 22.0. The van der Waals surface area contributed by atoms with Crippen molar-refractivity contribution in [2.75, 3.05) is 11.5 Å². The molecule has 1 aliphatic heterocycles. The number of halogens is 1. The zero-order valence-corrected chi connectivity index (χ0v) is 17.9. The topological polar surface area (TPSA) is 66.8 Å². The fraction of sp³-hybridized carbons (Fsp3) is 0.111. The summed E-state index contributed by atoms with van der Waals surface area (Å²) >= 11 is 0. The molecule has 33 heavy (non-hydrogen) atoms. The van der Waals surface area contributed by atoms with E-state index in [4.69, 9.17) is 4.74 Å². The molecule has 1 amide bonds. The quantitative estimate of drug-likeness (QED) is 0.496. The lowest BCUT2D eigenvalue weighted by Gasteiger charge is -2.27. The standard InChI is InChI=1S/C27H22FNO4/c1-2-33-22-15-13-21(14-16-22)29-25(19-9-11-20(28)12-10-19)24(26(31)27(29)32)23(30)17-8-18-6-4-3-5-7-18/h3-17,25,31H,2H2,1H3/b17-8+. The van der Waals surface area contributed by atoms with Crippen LogP contribution in [0.2, 0.25) is 0 Å². The SMILES string of the molecule is CCOc1ccc(N2C(=O)C(O)=C(C(=O)/C=C/c3ccccc3)C2c2ccc(F)cc2)cc1. The summed E-state index contributed by atoms with van der Waals surface area (Å²) in [4.78, 5) is 27.6. The van der Waals surface area contributed by atoms with Crippen molar-refractivity contribution in [2.24, 2.45) is 0 Å². The summed E-state index contributed by atoms with van der Waals surface area (Å²) in [7, 11) is 0. The lowest BCUT2D eigenvalue weighted by atomic mass is 9.95. The van der Waals surface area contributed by atoms with Crippen LogP contribution in [0.1, 0.15) is 24.1 Å². The van der Waals surface area contributed by atoms with Gasteiger partial charge in [0.25, 0.3) is 5.91 Å². The minimum Gasteiger partial charge on any atom is -0.503 e. The predicted molar refractivity (Wildman–Crippen MR) is 124 cm³/mol. The monoisotopic (exact) mass is 443 g/mol. The van der Waals surface area contributed by atoms with Gasteiger partial charge in [0, 0.05) is 5.69 Å². The lowest BCUT2D eigenvalue weighted by Crippen LogP contribution is -2.30. The van der Waals surface area contributed by atoms with Crippen LogP contribution in [0.5, 0.6) is 5.75 Å². The van der Waals surface area contributed by atoms with E-state index in [0.717, 1.165) is 5.56 Å². The molecule has 1 atom stereocenters. The van der Waals surface area contributed by atoms with Crippen LogP contribution < -0.4 is 9.64 Å². The molecule has 1 heterocycles. The Balaban J connectivity index is 1.75. The minimum absolute atomic E-state index is 0.0623. The zero-order chi connectivity index (χ0) is 23.4. The molecule has 1 N–H and O–H groups in total. The number of anilines is 1. The number of hydrogen-bond donors (Lipinski definition) is 1. The molecule has 0 saturated heterocycles. The van der Waals surface area contributed by atoms with Gasteiger partial charge in [-0.1, -0.05) is 48.5 Å². The fourth-order valence-electron chi connectivity index (χ4n) is 3.78. The van der Waals surface area contributed by atoms with Crippen molar-refractivity contribution in [2.45, 2.75) is 13.0 Å². The number of ether oxygens (including phenoxy) is 1. The molecule has 0 saturated carbocycles. The van der Waals surface area contributed by atoms with Gasteiger partial charge < -0.3 is 9.84 Å². The van der Waals surface area contributed by atoms with E-state index in [1.807, 2.05) is 37.3 Å². The summed E-state index contributed by atoms with van der Waals surface area (Å²) in [6.45, 7) is 2.36. The molecule has 3 aromatic rings. The van der Waals surface area contributed by atoms with Crippen molar-refractivity contribution in [3.05, 3.63) is 113 Å². The van der Waals surface area contributed by atoms with Crippen LogP contribution in [0.3, 0.4) is 0 Å². The van der Waals surface area contributed by atoms with Crippen LogP contribution in [-0.2, 0) is 9.59 Å². The zero-order valence-electron chi connectivity index (χ0n) is 17.9. The first-order chi connectivity index (χ1) is 16.0. The first-order valence-electron chi connectivity index (χ1n) is 10.5. The van der Waals surface area contributed by atoms with Gasteiger partial charge in [0.15, 0.2) is 11.5 Å². The maximum Gasteiger partial charge on any atom is 0.294 e. The third kappa shape index (κ3) is 4.55. The maximum atomic E-state index is 13.6. The largest absolute Gasteiger partial charge is 0.503 e. The number of carbonyl (C=O) groups excluding carboxylic acids is 2. The second kappa shape index (κ2) is 9.53. The Hall–Kier alpha value is -4.19. The number of nitrogens with zero attached hydrogens (tertiary/aromatic N) is 1. The van der Waals surface area contributed by atoms with Gasteiger partial charge in [-0.2, -0.15) is 0 Å². The lowest BCUT2D eigenvalue weighted by molar-refractivity contribution is -0.117. The van der Waals surface area contributed by atoms with Crippen LogP contribution in [0.25, 0.3) is 6.08 Å². The summed E-state index contributed by atoms with van der Waals surface area (Å²) in [5.74, 6) is -1.65. The Morgan fingerprint density at radius 1 is 1.03 bits per heavy atom. The summed E-state index contributed by atoms with van der Waals surface area (Å²) in [6, 6.07) is 20.6. The Morgan fingerprint density at radius 2 is 1.70 bits per heavy atom. The van der Waals surface area contributed by atoms with E-state index < -0.39 is 29.3 Å². The molecule has 0 bridgehead atoms. The highest BCUT2D eigenvalue weighted by atomic mass is 19.1. The van der Waals surface area contributed by atoms with Crippen LogP contribution in [0.4, 0.5) is 10.1 Å². The van der Waals surface area contributed by atoms with Crippen molar-refractivity contribution in [1.29, 1.82) is 0 Å². The van der Waals surface area contributed by atoms with Gasteiger partial charge in [0.2, 0.25) is 0 Å². The number of aliphatic hydroxyl groups excluding tert-OH is 1. The Kier molecular flexibility index (Phi) is 6.36. The first-order valence-corrected chi connectivity index (χ1v) is 10.5. The third-order valence-electron chi connectivity index (χ3n) is 5.31. The number of carbonyl (C=O) groups is 2. The van der Waals surface area contributed by atoms with Crippen LogP contribution in [0.15, 0.2) is 96.3 Å². The number of amides is 1. The van der Waals surface area contributed by atoms with Crippen LogP contribution in [-0.4, -0.2) is 23.4 Å². The smallest absolute Gasteiger partial charge is 0.294 e. The molecule has 4 rings (SSSR count). The molecule has 6 heteroatoms. The van der Waals surface area contributed by atoms with Crippen LogP contribution in [0, 0.1) is 5.82 Å². The number of benzene rings is 3. The van der Waals surface area contributed by atoms with Gasteiger partial charge in [-0.15, -0.1) is 0 Å². The molecule has 0 radical (unpaired) electrons. The molecule has 0 fully saturated rings. The molecule has 5 nitrogen and oxygen atoms in total. The van der Waals surface area contributed by atoms with E-state index in [0.29, 0.717) is 23.6 Å². The highest BCUT2D eigenvalue weighted by molar-refractivity contribution is 6.19. The second-order valence-electron chi connectivity index (χ2n) is 7.43. The van der Waals surface area contributed by atoms with E-state index in [1.54, 1.807) is 30.3 Å². The van der Waals surface area contributed by atoms with E-state index in [-0.39, 0.29) is 5.57 Å². The van der Waals surface area contributed by atoms with Crippen molar-refractivity contribution in [3.8, 4) is 5.75 Å². The van der Waals surface area contributed by atoms with Gasteiger partial charge in [0.05, 0.1) is 18.2 Å². The average Bonchev–Trinajstić information content (AvgIpc) is 3.10. The maximum absolute atomic E-state index is 13.6. The predicted octanol–water partition coefficient (Wildman–Crippen LogP) is 5.41. The van der Waals surface area contributed by atoms with E-state index >= 15 is 0 Å². The van der Waals surface area contributed by atoms with E-state index in [2.05, 4.69) is 0 Å². The Morgan fingerprint density at radius 3 is 2.33 bits per heavy atom. The van der Waals surface area contributed by atoms with Crippen LogP contribution >= 0.6 is 0 Å². The highest BCUT2D eigenvalue weighted by Gasteiger charge is 2.43. The molecule has 3 aromatic carbocycles. The third-order valence-corrected chi connectivity index (χ3v) is 5.31. The summed E-state index contributed by atoms with van der Waals surface area (Å²) in [6.07, 6.45) is 2.95. The Bertz CT molecular complexity index is 1220. The molecule has 0 spiro atoms. The normalized spacial score (nSPS) is 16.0. The molecule has 0 aromatic heterocycles. The molecule has 1 unspecified atom stereocenters. The van der Waals surface area contributed by atoms with Crippen molar-refractivity contribution in [1.82, 2.24) is 0 Å². The molecule has 1 aliphatic rings. The van der Waals surface area contributed by atoms with Gasteiger partial charge in [-0.3, -0.25) is 14.5 Å². The number of allylic oxidation sites excluding steroid dienone is 1. The molecule has 0 aliphatic carbocycles. The number of ketones is 1. The van der Waals surface area contributed by atoms with Gasteiger partial charge in [-0.05, 0) is 60.5 Å². The summed E-state index contributed by atoms with van der Waals surface area (Å²) in [5.41, 5.74) is 1.71. The Labute approximate surface area is 191 Å². The molecular formula is C27H22FNO4. The van der Waals surface area contributed by atoms with Gasteiger partial charge in [-0.25, -0.2) is 4.39 Å². The molecular weight excluding hydrogens is 421 g/mol. The van der Waals surface area contributed by atoms with Crippen molar-refractivity contribution < 1.29 is 23.8 Å². The number of aliphatic hydroxyl groups is 1. The van der Waals surface area contributed by atoms with Crippen molar-refractivity contribution >= 4 is 23.5 Å².